The van der Waals surface area contributed by atoms with E-state index in [2.05, 4.69) is 10.9 Å². The summed E-state index contributed by atoms with van der Waals surface area (Å²) < 4.78 is 34.7. The Bertz CT molecular complexity index is 1250. The maximum Gasteiger partial charge on any atom is 0.313 e. The maximum absolute atomic E-state index is 13.8. The molecule has 0 spiro atoms. The van der Waals surface area contributed by atoms with Crippen LogP contribution in [0, 0.1) is 18.8 Å². The van der Waals surface area contributed by atoms with Crippen LogP contribution >= 0.6 is 0 Å². The minimum atomic E-state index is -3.77. The highest BCUT2D eigenvalue weighted by Crippen LogP contribution is 2.48. The van der Waals surface area contributed by atoms with Gasteiger partial charge in [0.05, 0.1) is 29.1 Å². The van der Waals surface area contributed by atoms with Gasteiger partial charge in [0.15, 0.2) is 0 Å². The third-order valence-electron chi connectivity index (χ3n) is 7.08. The number of piperidine rings is 1. The van der Waals surface area contributed by atoms with Crippen molar-refractivity contribution in [3.05, 3.63) is 83.1 Å². The smallest absolute Gasteiger partial charge is 0.313 e. The highest BCUT2D eigenvalue weighted by molar-refractivity contribution is 7.89. The Morgan fingerprint density at radius 1 is 1.06 bits per heavy atom. The molecule has 3 aliphatic rings. The number of esters is 1. The number of carbonyl (C=O) groups is 1. The number of cyclic esters (lactones) is 1. The van der Waals surface area contributed by atoms with Crippen LogP contribution in [0.4, 0.5) is 5.69 Å². The number of sulfonamides is 1. The summed E-state index contributed by atoms with van der Waals surface area (Å²) in [5.74, 6) is -0.678. The second-order valence-electron chi connectivity index (χ2n) is 9.04. The first kappa shape index (κ1) is 22.7. The molecule has 2 heterocycles. The summed E-state index contributed by atoms with van der Waals surface area (Å²) >= 11 is 0. The predicted molar refractivity (Wildman–Crippen MR) is 130 cm³/mol. The van der Waals surface area contributed by atoms with Crippen molar-refractivity contribution in [2.45, 2.75) is 37.6 Å². The van der Waals surface area contributed by atoms with Crippen molar-refractivity contribution in [1.82, 2.24) is 9.73 Å². The van der Waals surface area contributed by atoms with Gasteiger partial charge in [0, 0.05) is 24.6 Å². The lowest BCUT2D eigenvalue weighted by Gasteiger charge is -2.49. The van der Waals surface area contributed by atoms with E-state index >= 15 is 0 Å². The Hall–Kier alpha value is -3.10. The number of rotatable bonds is 5. The normalized spacial score (nSPS) is 26.1. The van der Waals surface area contributed by atoms with Gasteiger partial charge >= 0.3 is 5.97 Å². The number of nitrogens with zero attached hydrogens (tertiary/aromatic N) is 1. The molecule has 2 aliphatic heterocycles. The van der Waals surface area contributed by atoms with Crippen molar-refractivity contribution >= 4 is 21.7 Å². The fourth-order valence-electron chi connectivity index (χ4n) is 5.33. The molecule has 0 amide bonds. The Kier molecular flexibility index (Phi) is 5.95. The minimum Gasteiger partial charge on any atom is -0.465 e. The molecule has 2 fully saturated rings. The molecule has 0 aromatic heterocycles. The van der Waals surface area contributed by atoms with Gasteiger partial charge in [0.25, 0.3) is 0 Å². The maximum atomic E-state index is 13.8. The molecule has 2 aromatic rings. The number of allylic oxidation sites excluding steroid dienone is 1. The molecule has 0 saturated carbocycles. The van der Waals surface area contributed by atoms with Crippen LogP contribution in [0.5, 0.6) is 0 Å². The van der Waals surface area contributed by atoms with Gasteiger partial charge in [-0.05, 0) is 50.1 Å². The van der Waals surface area contributed by atoms with Crippen LogP contribution < -0.4 is 10.9 Å². The number of nitrogens with one attached hydrogen (secondary N) is 2. The number of benzene rings is 2. The number of hydrogen-bond acceptors (Lipinski definition) is 6. The van der Waals surface area contributed by atoms with Gasteiger partial charge in [-0.15, -0.1) is 0 Å². The summed E-state index contributed by atoms with van der Waals surface area (Å²) in [7, 11) is -3.77. The monoisotopic (exact) mass is 479 g/mol. The number of ether oxygens (including phenoxy) is 1. The Balaban J connectivity index is 1.59. The quantitative estimate of drug-likeness (QED) is 0.386. The van der Waals surface area contributed by atoms with Crippen molar-refractivity contribution in [3.63, 3.8) is 0 Å². The molecule has 1 aliphatic carbocycles. The van der Waals surface area contributed by atoms with E-state index < -0.39 is 16.1 Å². The first-order valence-electron chi connectivity index (χ1n) is 11.6. The molecule has 178 valence electrons. The second kappa shape index (κ2) is 8.92. The lowest BCUT2D eigenvalue weighted by molar-refractivity contribution is -0.152. The lowest BCUT2D eigenvalue weighted by atomic mass is 9.68. The first-order chi connectivity index (χ1) is 16.4. The number of hydrogen-bond donors (Lipinski definition) is 2. The van der Waals surface area contributed by atoms with E-state index in [0.29, 0.717) is 19.4 Å². The largest absolute Gasteiger partial charge is 0.465 e. The Labute approximate surface area is 200 Å². The average molecular weight is 480 g/mol. The van der Waals surface area contributed by atoms with Gasteiger partial charge in [-0.25, -0.2) is 8.42 Å². The average Bonchev–Trinajstić information content (AvgIpc) is 2.84. The zero-order chi connectivity index (χ0) is 23.9. The fourth-order valence-corrected chi connectivity index (χ4v) is 6.93. The molecule has 8 heteroatoms. The van der Waals surface area contributed by atoms with E-state index in [1.165, 1.54) is 0 Å². The molecule has 0 radical (unpaired) electrons. The van der Waals surface area contributed by atoms with Crippen LogP contribution in [0.25, 0.3) is 0 Å². The van der Waals surface area contributed by atoms with Crippen molar-refractivity contribution in [2.75, 3.05) is 18.6 Å². The zero-order valence-corrected chi connectivity index (χ0v) is 20.1. The summed E-state index contributed by atoms with van der Waals surface area (Å²) in [6.45, 7) is 4.39. The molecule has 2 bridgehead atoms. The van der Waals surface area contributed by atoms with Crippen LogP contribution in [-0.4, -0.2) is 37.9 Å². The molecular weight excluding hydrogens is 450 g/mol. The summed E-state index contributed by atoms with van der Waals surface area (Å²) in [5.41, 5.74) is 11.0. The molecule has 0 unspecified atom stereocenters. The summed E-state index contributed by atoms with van der Waals surface area (Å²) in [4.78, 5) is 13.2. The van der Waals surface area contributed by atoms with Crippen LogP contribution in [0.15, 0.2) is 82.4 Å². The molecule has 34 heavy (non-hydrogen) atoms. The number of para-hydroxylation sites is 1. The van der Waals surface area contributed by atoms with E-state index in [1.807, 2.05) is 62.4 Å². The van der Waals surface area contributed by atoms with Crippen molar-refractivity contribution in [3.8, 4) is 0 Å². The third-order valence-corrected chi connectivity index (χ3v) is 8.95. The molecule has 2 aromatic carbocycles. The number of fused-ring (bicyclic) bond motifs is 4. The number of aryl methyl sites for hydroxylation is 1. The Morgan fingerprint density at radius 3 is 2.50 bits per heavy atom. The van der Waals surface area contributed by atoms with Crippen LogP contribution in [0.3, 0.4) is 0 Å². The third kappa shape index (κ3) is 3.91. The van der Waals surface area contributed by atoms with E-state index in [0.717, 1.165) is 28.1 Å². The van der Waals surface area contributed by atoms with Crippen molar-refractivity contribution < 1.29 is 17.9 Å². The molecule has 5 rings (SSSR count). The number of anilines is 1. The van der Waals surface area contributed by atoms with Crippen molar-refractivity contribution in [2.24, 2.45) is 11.8 Å². The zero-order valence-electron chi connectivity index (χ0n) is 19.3. The SMILES string of the molecule is C/C=C1/CN(S(=O)(=O)c2ccc(C)cc2)[C@H]2C[C@@H]1[C@H]1C(=O)OCCC1=C2NNc1ccccc1. The lowest BCUT2D eigenvalue weighted by Crippen LogP contribution is -2.57. The molecule has 2 N–H and O–H groups in total. The van der Waals surface area contributed by atoms with Crippen LogP contribution in [0.2, 0.25) is 0 Å². The van der Waals surface area contributed by atoms with Gasteiger partial charge in [-0.3, -0.25) is 4.79 Å². The van der Waals surface area contributed by atoms with Gasteiger partial charge in [-0.1, -0.05) is 47.5 Å². The van der Waals surface area contributed by atoms with Crippen molar-refractivity contribution in [1.29, 1.82) is 0 Å². The topological polar surface area (TPSA) is 87.7 Å². The van der Waals surface area contributed by atoms with E-state index in [-0.39, 0.29) is 29.2 Å². The first-order valence-corrected chi connectivity index (χ1v) is 13.0. The standard InChI is InChI=1S/C26H29N3O4S/c1-3-18-16-29(34(31,32)20-11-9-17(2)10-12-20)23-15-22(18)24-21(13-14-33-26(24)30)25(23)28-27-19-7-5-4-6-8-19/h3-12,22-24,27-28H,13-16H2,1-2H3/b18-3-/t22-,23-,24-/m0/s1. The molecular formula is C26H29N3O4S. The number of hydrazine groups is 1. The van der Waals surface area contributed by atoms with E-state index in [9.17, 15) is 13.2 Å². The van der Waals surface area contributed by atoms with Gasteiger partial charge < -0.3 is 15.6 Å². The fraction of sp³-hybridized carbons (Fsp3) is 0.346. The van der Waals surface area contributed by atoms with Gasteiger partial charge in [0.2, 0.25) is 10.0 Å². The summed E-state index contributed by atoms with van der Waals surface area (Å²) in [5, 5.41) is 0. The summed E-state index contributed by atoms with van der Waals surface area (Å²) in [6, 6.07) is 16.2. The van der Waals surface area contributed by atoms with Gasteiger partial charge in [0.1, 0.15) is 0 Å². The minimum absolute atomic E-state index is 0.0652. The van der Waals surface area contributed by atoms with E-state index in [4.69, 9.17) is 4.74 Å². The Morgan fingerprint density at radius 2 is 1.79 bits per heavy atom. The molecule has 2 saturated heterocycles. The molecule has 7 nitrogen and oxygen atoms in total. The van der Waals surface area contributed by atoms with Crippen LogP contribution in [0.1, 0.15) is 25.3 Å². The summed E-state index contributed by atoms with van der Waals surface area (Å²) in [6.07, 6.45) is 3.06. The highest BCUT2D eigenvalue weighted by Gasteiger charge is 2.51. The van der Waals surface area contributed by atoms with Crippen LogP contribution in [-0.2, 0) is 19.6 Å². The highest BCUT2D eigenvalue weighted by atomic mass is 32.2. The molecule has 3 atom stereocenters. The predicted octanol–water partition coefficient (Wildman–Crippen LogP) is 3.77. The van der Waals surface area contributed by atoms with E-state index in [1.54, 1.807) is 16.4 Å². The van der Waals surface area contributed by atoms with Gasteiger partial charge in [-0.2, -0.15) is 4.31 Å². The number of carbonyl (C=O) groups excluding carboxylic acids is 1. The second-order valence-corrected chi connectivity index (χ2v) is 10.9.